The van der Waals surface area contributed by atoms with E-state index in [-0.39, 0.29) is 16.5 Å². The highest BCUT2D eigenvalue weighted by atomic mass is 35.5. The van der Waals surface area contributed by atoms with E-state index in [9.17, 15) is 9.59 Å². The van der Waals surface area contributed by atoms with Gasteiger partial charge in [0.2, 0.25) is 0 Å². The number of aryl methyl sites for hydroxylation is 1. The molecule has 0 aromatic heterocycles. The fourth-order valence-electron chi connectivity index (χ4n) is 2.41. The van der Waals surface area contributed by atoms with Crippen LogP contribution < -0.4 is 10.2 Å². The normalized spacial score (nSPS) is 10.7. The third-order valence-corrected chi connectivity index (χ3v) is 4.46. The van der Waals surface area contributed by atoms with Crippen molar-refractivity contribution in [2.45, 2.75) is 6.92 Å². The van der Waals surface area contributed by atoms with Crippen molar-refractivity contribution in [2.75, 3.05) is 0 Å². The van der Waals surface area contributed by atoms with E-state index >= 15 is 0 Å². The van der Waals surface area contributed by atoms with E-state index in [1.807, 2.05) is 19.1 Å². The molecule has 0 heterocycles. The largest absolute Gasteiger partial charge is 0.423 e. The Morgan fingerprint density at radius 3 is 2.48 bits per heavy atom. The molecule has 0 unspecified atom stereocenters. The fourth-order valence-corrected chi connectivity index (χ4v) is 2.90. The van der Waals surface area contributed by atoms with Crippen molar-refractivity contribution in [1.29, 1.82) is 0 Å². The van der Waals surface area contributed by atoms with Gasteiger partial charge in [-0.1, -0.05) is 53.0 Å². The van der Waals surface area contributed by atoms with Crippen LogP contribution in [-0.2, 0) is 0 Å². The predicted molar refractivity (Wildman–Crippen MR) is 114 cm³/mol. The van der Waals surface area contributed by atoms with Gasteiger partial charge in [-0.3, -0.25) is 4.79 Å². The number of esters is 1. The number of carbonyl (C=O) groups excluding carboxylic acids is 2. The van der Waals surface area contributed by atoms with Crippen molar-refractivity contribution in [3.8, 4) is 5.75 Å². The first-order chi connectivity index (χ1) is 13.9. The second-order valence-corrected chi connectivity index (χ2v) is 6.99. The average Bonchev–Trinajstić information content (AvgIpc) is 2.68. The third-order valence-electron chi connectivity index (χ3n) is 3.91. The number of nitrogens with one attached hydrogen (secondary N) is 1. The van der Waals surface area contributed by atoms with E-state index in [1.165, 1.54) is 18.3 Å². The number of benzene rings is 3. The molecule has 3 rings (SSSR count). The fraction of sp³-hybridized carbons (Fsp3) is 0.0455. The van der Waals surface area contributed by atoms with Crippen molar-refractivity contribution in [3.63, 3.8) is 0 Å². The van der Waals surface area contributed by atoms with Gasteiger partial charge in [-0.25, -0.2) is 10.2 Å². The van der Waals surface area contributed by atoms with Crippen LogP contribution in [0, 0.1) is 6.92 Å². The molecule has 3 aromatic carbocycles. The molecule has 0 radical (unpaired) electrons. The molecule has 5 nitrogen and oxygen atoms in total. The maximum absolute atomic E-state index is 12.3. The molecule has 0 atom stereocenters. The van der Waals surface area contributed by atoms with Gasteiger partial charge in [0.25, 0.3) is 5.91 Å². The molecule has 0 saturated carbocycles. The smallest absolute Gasteiger partial charge is 0.345 e. The zero-order chi connectivity index (χ0) is 20.8. The van der Waals surface area contributed by atoms with Crippen LogP contribution in [-0.4, -0.2) is 18.1 Å². The van der Waals surface area contributed by atoms with Crippen LogP contribution >= 0.6 is 23.2 Å². The van der Waals surface area contributed by atoms with E-state index in [0.717, 1.165) is 5.56 Å². The Kier molecular flexibility index (Phi) is 6.65. The third kappa shape index (κ3) is 5.67. The molecule has 0 aliphatic carbocycles. The Hall–Kier alpha value is -3.15. The number of hydrogen-bond donors (Lipinski definition) is 1. The molecule has 146 valence electrons. The molecule has 0 saturated heterocycles. The van der Waals surface area contributed by atoms with Gasteiger partial charge in [-0.05, 0) is 55.0 Å². The maximum Gasteiger partial charge on any atom is 0.345 e. The van der Waals surface area contributed by atoms with Gasteiger partial charge in [-0.2, -0.15) is 5.10 Å². The lowest BCUT2D eigenvalue weighted by Crippen LogP contribution is -2.17. The van der Waals surface area contributed by atoms with Gasteiger partial charge in [0.1, 0.15) is 5.75 Å². The van der Waals surface area contributed by atoms with Crippen LogP contribution in [0.1, 0.15) is 31.8 Å². The summed E-state index contributed by atoms with van der Waals surface area (Å²) in [5, 5.41) is 4.58. The first-order valence-corrected chi connectivity index (χ1v) is 9.35. The summed E-state index contributed by atoms with van der Waals surface area (Å²) in [4.78, 5) is 24.4. The highest BCUT2D eigenvalue weighted by molar-refractivity contribution is 6.36. The van der Waals surface area contributed by atoms with Gasteiger partial charge in [0.05, 0.1) is 16.8 Å². The van der Waals surface area contributed by atoms with Crippen molar-refractivity contribution in [3.05, 3.63) is 99.0 Å². The second-order valence-electron chi connectivity index (χ2n) is 6.15. The first kappa shape index (κ1) is 20.6. The average molecular weight is 427 g/mol. The number of ether oxygens (including phenoxy) is 1. The van der Waals surface area contributed by atoms with Gasteiger partial charge < -0.3 is 4.74 Å². The van der Waals surface area contributed by atoms with E-state index in [2.05, 4.69) is 10.5 Å². The summed E-state index contributed by atoms with van der Waals surface area (Å²) in [6.07, 6.45) is 1.46. The Bertz CT molecular complexity index is 1080. The minimum Gasteiger partial charge on any atom is -0.423 e. The lowest BCUT2D eigenvalue weighted by Gasteiger charge is -2.07. The number of amides is 1. The molecular formula is C22H16Cl2N2O3. The molecule has 0 fully saturated rings. The van der Waals surface area contributed by atoms with Crippen LogP contribution in [0.15, 0.2) is 71.8 Å². The van der Waals surface area contributed by atoms with Crippen molar-refractivity contribution in [2.24, 2.45) is 5.10 Å². The molecule has 0 aliphatic heterocycles. The molecule has 1 N–H and O–H groups in total. The van der Waals surface area contributed by atoms with Gasteiger partial charge in [0, 0.05) is 10.6 Å². The minimum atomic E-state index is -0.603. The van der Waals surface area contributed by atoms with Crippen LogP contribution in [0.4, 0.5) is 0 Å². The zero-order valence-electron chi connectivity index (χ0n) is 15.4. The van der Waals surface area contributed by atoms with Gasteiger partial charge in [0.15, 0.2) is 0 Å². The maximum atomic E-state index is 12.3. The molecule has 0 bridgehead atoms. The number of nitrogens with zero attached hydrogens (tertiary/aromatic N) is 1. The topological polar surface area (TPSA) is 67.8 Å². The number of hydrazone groups is 1. The molecule has 3 aromatic rings. The minimum absolute atomic E-state index is 0.207. The second kappa shape index (κ2) is 9.37. The van der Waals surface area contributed by atoms with Crippen LogP contribution in [0.2, 0.25) is 10.0 Å². The molecule has 7 heteroatoms. The van der Waals surface area contributed by atoms with Crippen molar-refractivity contribution >= 4 is 41.3 Å². The highest BCUT2D eigenvalue weighted by Crippen LogP contribution is 2.23. The van der Waals surface area contributed by atoms with E-state index < -0.39 is 5.97 Å². The summed E-state index contributed by atoms with van der Waals surface area (Å²) in [5.41, 5.74) is 4.88. The summed E-state index contributed by atoms with van der Waals surface area (Å²) in [6, 6.07) is 18.4. The monoisotopic (exact) mass is 426 g/mol. The standard InChI is InChI=1S/C22H16Cl2N2O3/c1-14-5-7-16(8-6-14)21(27)26-25-13-15-3-2-4-18(11-15)29-22(28)19-10-9-17(23)12-20(19)24/h2-13H,1H3,(H,26,27)/b25-13+. The van der Waals surface area contributed by atoms with Crippen LogP contribution in [0.3, 0.4) is 0 Å². The summed E-state index contributed by atoms with van der Waals surface area (Å²) < 4.78 is 5.35. The predicted octanol–water partition coefficient (Wildman–Crippen LogP) is 5.28. The Morgan fingerprint density at radius 2 is 1.76 bits per heavy atom. The Morgan fingerprint density at radius 1 is 1.00 bits per heavy atom. The summed E-state index contributed by atoms with van der Waals surface area (Å²) in [7, 11) is 0. The number of hydrogen-bond acceptors (Lipinski definition) is 4. The van der Waals surface area contributed by atoms with Crippen molar-refractivity contribution < 1.29 is 14.3 Å². The Balaban J connectivity index is 1.64. The number of halogens is 2. The summed E-state index contributed by atoms with van der Waals surface area (Å²) in [5.74, 6) is -0.607. The number of rotatable bonds is 5. The van der Waals surface area contributed by atoms with Gasteiger partial charge >= 0.3 is 5.97 Å². The van der Waals surface area contributed by atoms with Crippen LogP contribution in [0.5, 0.6) is 5.75 Å². The molecule has 1 amide bonds. The van der Waals surface area contributed by atoms with E-state index in [1.54, 1.807) is 42.5 Å². The lowest BCUT2D eigenvalue weighted by molar-refractivity contribution is 0.0734. The van der Waals surface area contributed by atoms with Gasteiger partial charge in [-0.15, -0.1) is 0 Å². The van der Waals surface area contributed by atoms with Crippen molar-refractivity contribution in [1.82, 2.24) is 5.43 Å². The van der Waals surface area contributed by atoms with E-state index in [0.29, 0.717) is 21.9 Å². The molecule has 0 aliphatic rings. The molecular weight excluding hydrogens is 411 g/mol. The molecule has 29 heavy (non-hydrogen) atoms. The quantitative estimate of drug-likeness (QED) is 0.261. The Labute approximate surface area is 177 Å². The SMILES string of the molecule is Cc1ccc(C(=O)N/N=C/c2cccc(OC(=O)c3ccc(Cl)cc3Cl)c2)cc1. The summed E-state index contributed by atoms with van der Waals surface area (Å²) in [6.45, 7) is 1.94. The first-order valence-electron chi connectivity index (χ1n) is 8.60. The number of carbonyl (C=O) groups is 2. The van der Waals surface area contributed by atoms with Crippen LogP contribution in [0.25, 0.3) is 0 Å². The zero-order valence-corrected chi connectivity index (χ0v) is 16.9. The molecule has 0 spiro atoms. The highest BCUT2D eigenvalue weighted by Gasteiger charge is 2.13. The summed E-state index contributed by atoms with van der Waals surface area (Å²) >= 11 is 11.9. The lowest BCUT2D eigenvalue weighted by atomic mass is 10.1. The van der Waals surface area contributed by atoms with E-state index in [4.69, 9.17) is 27.9 Å².